The summed E-state index contributed by atoms with van der Waals surface area (Å²) >= 11 is 0. The van der Waals surface area contributed by atoms with Crippen LogP contribution in [-0.2, 0) is 9.59 Å². The summed E-state index contributed by atoms with van der Waals surface area (Å²) < 4.78 is 0. The molecule has 0 amide bonds. The van der Waals surface area contributed by atoms with E-state index in [1.54, 1.807) is 0 Å². The molecule has 0 aliphatic heterocycles. The molecule has 4 nitrogen and oxygen atoms in total. The molecular formula is C26H16Na2O4. The maximum atomic E-state index is 12.3. The first-order valence-corrected chi connectivity index (χ1v) is 10.0. The molecule has 7 rings (SSSR count). The van der Waals surface area contributed by atoms with Crippen molar-refractivity contribution in [3.8, 4) is 0 Å². The van der Waals surface area contributed by atoms with E-state index < -0.39 is 35.6 Å². The van der Waals surface area contributed by atoms with E-state index in [1.807, 2.05) is 72.8 Å². The quantitative estimate of drug-likeness (QED) is 0.302. The van der Waals surface area contributed by atoms with Gasteiger partial charge in [0.2, 0.25) is 0 Å². The Bertz CT molecular complexity index is 1290. The normalized spacial score (nSPS) is 22.4. The van der Waals surface area contributed by atoms with Crippen LogP contribution in [0, 0.1) is 11.8 Å². The van der Waals surface area contributed by atoms with E-state index in [4.69, 9.17) is 0 Å². The summed E-state index contributed by atoms with van der Waals surface area (Å²) in [7, 11) is 0. The van der Waals surface area contributed by atoms with E-state index in [0.717, 1.165) is 43.8 Å². The van der Waals surface area contributed by atoms with Gasteiger partial charge in [0, 0.05) is 35.6 Å². The summed E-state index contributed by atoms with van der Waals surface area (Å²) in [6.45, 7) is 0. The van der Waals surface area contributed by atoms with Crippen molar-refractivity contribution in [1.82, 2.24) is 0 Å². The SMILES string of the molecule is O=C([O-])C1C2c3ccc4ccccc4c3C(c3ccc4ccccc4c32)C1C(=O)[O-].[Na+].[Na+]. The standard InChI is InChI=1S/C26H18O4.2Na/c27-25(28)23-21-18-12-10-14-6-2-4-8-16(14)20(18)22(24(23)26(29)30)17-11-9-13-5-1-3-7-15(13)19(17)21;;/h1-12,21-24H,(H,27,28)(H,29,30);;/q;2*+1/p-2. The van der Waals surface area contributed by atoms with Gasteiger partial charge in [-0.05, 0) is 43.8 Å². The molecule has 6 heteroatoms. The third-order valence-electron chi connectivity index (χ3n) is 6.95. The van der Waals surface area contributed by atoms with Gasteiger partial charge in [0.15, 0.2) is 0 Å². The van der Waals surface area contributed by atoms with E-state index >= 15 is 0 Å². The van der Waals surface area contributed by atoms with Gasteiger partial charge in [0.05, 0.1) is 0 Å². The minimum absolute atomic E-state index is 0. The third kappa shape index (κ3) is 3.12. The molecule has 0 aromatic heterocycles. The van der Waals surface area contributed by atoms with Crippen LogP contribution in [0.3, 0.4) is 0 Å². The summed E-state index contributed by atoms with van der Waals surface area (Å²) in [4.78, 5) is 24.6. The van der Waals surface area contributed by atoms with Crippen LogP contribution in [-0.4, -0.2) is 11.9 Å². The van der Waals surface area contributed by atoms with E-state index in [-0.39, 0.29) is 59.1 Å². The zero-order valence-electron chi connectivity index (χ0n) is 17.9. The first kappa shape index (κ1) is 23.5. The van der Waals surface area contributed by atoms with Crippen LogP contribution in [0.15, 0.2) is 72.8 Å². The Morgan fingerprint density at radius 3 is 1.31 bits per heavy atom. The minimum atomic E-state index is -1.34. The fourth-order valence-electron chi connectivity index (χ4n) is 5.90. The number of benzene rings is 4. The Morgan fingerprint density at radius 1 is 0.562 bits per heavy atom. The molecule has 0 saturated carbocycles. The van der Waals surface area contributed by atoms with Crippen molar-refractivity contribution in [2.45, 2.75) is 11.8 Å². The molecule has 4 unspecified atom stereocenters. The number of carboxylic acids is 2. The van der Waals surface area contributed by atoms with Crippen LogP contribution in [0.4, 0.5) is 0 Å². The van der Waals surface area contributed by atoms with Crippen LogP contribution >= 0.6 is 0 Å². The predicted molar refractivity (Wildman–Crippen MR) is 109 cm³/mol. The van der Waals surface area contributed by atoms with Gasteiger partial charge >= 0.3 is 59.1 Å². The molecule has 3 aliphatic carbocycles. The number of carbonyl (C=O) groups is 2. The average molecular weight is 438 g/mol. The van der Waals surface area contributed by atoms with Crippen molar-refractivity contribution in [2.75, 3.05) is 0 Å². The van der Waals surface area contributed by atoms with Crippen LogP contribution in [0.25, 0.3) is 21.5 Å². The molecule has 0 heterocycles. The Morgan fingerprint density at radius 2 is 0.938 bits per heavy atom. The summed E-state index contributed by atoms with van der Waals surface area (Å²) in [5.41, 5.74) is 3.59. The number of carboxylic acid groups (broad SMARTS) is 2. The zero-order valence-corrected chi connectivity index (χ0v) is 21.9. The molecule has 4 atom stereocenters. The van der Waals surface area contributed by atoms with Crippen LogP contribution < -0.4 is 69.3 Å². The van der Waals surface area contributed by atoms with Gasteiger partial charge in [-0.1, -0.05) is 72.8 Å². The van der Waals surface area contributed by atoms with Crippen LogP contribution in [0.1, 0.15) is 34.1 Å². The number of aliphatic carboxylic acids is 2. The number of carbonyl (C=O) groups excluding carboxylic acids is 2. The smallest absolute Gasteiger partial charge is 0.550 e. The summed E-state index contributed by atoms with van der Waals surface area (Å²) in [6.07, 6.45) is 0. The second-order valence-corrected chi connectivity index (χ2v) is 8.22. The van der Waals surface area contributed by atoms with E-state index in [0.29, 0.717) is 0 Å². The maximum absolute atomic E-state index is 12.3. The maximum Gasteiger partial charge on any atom is 1.00 e. The number of hydrogen-bond donors (Lipinski definition) is 0. The van der Waals surface area contributed by atoms with Crippen molar-refractivity contribution in [1.29, 1.82) is 0 Å². The molecule has 0 saturated heterocycles. The molecule has 146 valence electrons. The summed E-state index contributed by atoms with van der Waals surface area (Å²) in [5.74, 6) is -6.21. The largest absolute Gasteiger partial charge is 1.00 e. The van der Waals surface area contributed by atoms with Gasteiger partial charge in [-0.25, -0.2) is 0 Å². The molecule has 0 N–H and O–H groups in total. The van der Waals surface area contributed by atoms with Gasteiger partial charge in [-0.15, -0.1) is 0 Å². The number of fused-ring (bicyclic) bond motifs is 3. The van der Waals surface area contributed by atoms with Gasteiger partial charge in [0.1, 0.15) is 0 Å². The monoisotopic (exact) mass is 438 g/mol. The Kier molecular flexibility index (Phi) is 6.32. The molecule has 4 aromatic rings. The van der Waals surface area contributed by atoms with Crippen molar-refractivity contribution >= 4 is 33.5 Å². The Hall–Kier alpha value is -1.66. The average Bonchev–Trinajstić information content (AvgIpc) is 2.77. The second-order valence-electron chi connectivity index (χ2n) is 8.22. The van der Waals surface area contributed by atoms with Crippen molar-refractivity contribution in [3.63, 3.8) is 0 Å². The first-order chi connectivity index (χ1) is 14.6. The molecule has 0 radical (unpaired) electrons. The second kappa shape index (κ2) is 8.60. The van der Waals surface area contributed by atoms with Gasteiger partial charge < -0.3 is 19.8 Å². The zero-order chi connectivity index (χ0) is 20.6. The number of rotatable bonds is 2. The molecule has 3 aliphatic rings. The first-order valence-electron chi connectivity index (χ1n) is 10.0. The van der Waals surface area contributed by atoms with E-state index in [1.165, 1.54) is 0 Å². The molecule has 2 bridgehead atoms. The van der Waals surface area contributed by atoms with Crippen molar-refractivity contribution in [2.24, 2.45) is 11.8 Å². The third-order valence-corrected chi connectivity index (χ3v) is 6.95. The van der Waals surface area contributed by atoms with Gasteiger partial charge in [-0.3, -0.25) is 0 Å². The summed E-state index contributed by atoms with van der Waals surface area (Å²) in [5, 5.41) is 28.5. The fraction of sp³-hybridized carbons (Fsp3) is 0.154. The van der Waals surface area contributed by atoms with E-state index in [2.05, 4.69) is 0 Å². The predicted octanol–water partition coefficient (Wildman–Crippen LogP) is -3.68. The molecule has 0 fully saturated rings. The van der Waals surface area contributed by atoms with Crippen molar-refractivity contribution in [3.05, 3.63) is 95.1 Å². The van der Waals surface area contributed by atoms with E-state index in [9.17, 15) is 19.8 Å². The minimum Gasteiger partial charge on any atom is -0.550 e. The van der Waals surface area contributed by atoms with Gasteiger partial charge in [-0.2, -0.15) is 0 Å². The topological polar surface area (TPSA) is 80.3 Å². The van der Waals surface area contributed by atoms with Crippen LogP contribution in [0.5, 0.6) is 0 Å². The molecule has 0 spiro atoms. The van der Waals surface area contributed by atoms with Crippen LogP contribution in [0.2, 0.25) is 0 Å². The number of hydrogen-bond acceptors (Lipinski definition) is 4. The molecular weight excluding hydrogens is 422 g/mol. The van der Waals surface area contributed by atoms with Gasteiger partial charge in [0.25, 0.3) is 0 Å². The Balaban J connectivity index is 0.00000122. The van der Waals surface area contributed by atoms with Crippen molar-refractivity contribution < 1.29 is 78.9 Å². The molecule has 4 aromatic carbocycles. The Labute approximate surface area is 229 Å². The summed E-state index contributed by atoms with van der Waals surface area (Å²) in [6, 6.07) is 23.6. The fourth-order valence-corrected chi connectivity index (χ4v) is 5.90. The molecule has 32 heavy (non-hydrogen) atoms.